The fourth-order valence-electron chi connectivity index (χ4n) is 3.05. The summed E-state index contributed by atoms with van der Waals surface area (Å²) in [4.78, 5) is 2.66. The first-order chi connectivity index (χ1) is 8.72. The molecule has 2 nitrogen and oxygen atoms in total. The molecule has 0 heterocycles. The number of rotatable bonds is 8. The monoisotopic (exact) mass is 272 g/mol. The van der Waals surface area contributed by atoms with E-state index in [1.165, 1.54) is 50.8 Å². The Kier molecular flexibility index (Phi) is 8.36. The first kappa shape index (κ1) is 16.3. The van der Waals surface area contributed by atoms with E-state index < -0.39 is 0 Å². The minimum absolute atomic E-state index is 0.769. The average Bonchev–Trinajstić information content (AvgIpc) is 2.42. The zero-order valence-corrected chi connectivity index (χ0v) is 13.6. The van der Waals surface area contributed by atoms with E-state index in [0.29, 0.717) is 0 Å². The molecule has 108 valence electrons. The van der Waals surface area contributed by atoms with Crippen LogP contribution in [0, 0.1) is 0 Å². The Balaban J connectivity index is 2.32. The number of hydrogen-bond acceptors (Lipinski definition) is 3. The summed E-state index contributed by atoms with van der Waals surface area (Å²) < 4.78 is 0. The maximum atomic E-state index is 3.68. The lowest BCUT2D eigenvalue weighted by Gasteiger charge is -2.39. The summed E-state index contributed by atoms with van der Waals surface area (Å²) in [7, 11) is 2.34. The molecule has 1 saturated carbocycles. The average molecular weight is 273 g/mol. The summed E-state index contributed by atoms with van der Waals surface area (Å²) >= 11 is 1.98. The first-order valence-corrected chi connectivity index (χ1v) is 9.06. The van der Waals surface area contributed by atoms with E-state index in [2.05, 4.69) is 37.4 Å². The lowest BCUT2D eigenvalue weighted by molar-refractivity contribution is 0.134. The third-order valence-electron chi connectivity index (χ3n) is 4.36. The molecule has 0 aliphatic heterocycles. The molecule has 0 bridgehead atoms. The molecule has 1 unspecified atom stereocenters. The van der Waals surface area contributed by atoms with Gasteiger partial charge in [0.05, 0.1) is 0 Å². The quantitative estimate of drug-likeness (QED) is 0.729. The van der Waals surface area contributed by atoms with Gasteiger partial charge in [-0.1, -0.05) is 13.8 Å². The van der Waals surface area contributed by atoms with Crippen LogP contribution in [0.4, 0.5) is 0 Å². The van der Waals surface area contributed by atoms with E-state index in [1.807, 2.05) is 11.8 Å². The van der Waals surface area contributed by atoms with Gasteiger partial charge < -0.3 is 5.32 Å². The van der Waals surface area contributed by atoms with E-state index in [0.717, 1.165) is 18.1 Å². The second-order valence-electron chi connectivity index (χ2n) is 5.64. The summed E-state index contributed by atoms with van der Waals surface area (Å²) in [5.41, 5.74) is 0. The molecule has 1 rings (SSSR count). The second-order valence-corrected chi connectivity index (χ2v) is 6.55. The summed E-state index contributed by atoms with van der Waals surface area (Å²) in [5, 5.41) is 3.68. The van der Waals surface area contributed by atoms with Crippen LogP contribution in [-0.2, 0) is 0 Å². The van der Waals surface area contributed by atoms with Gasteiger partial charge in [0.25, 0.3) is 0 Å². The van der Waals surface area contributed by atoms with Gasteiger partial charge in [-0.3, -0.25) is 4.90 Å². The van der Waals surface area contributed by atoms with Crippen molar-refractivity contribution in [3.63, 3.8) is 0 Å². The van der Waals surface area contributed by atoms with Crippen molar-refractivity contribution >= 4 is 11.8 Å². The van der Waals surface area contributed by atoms with E-state index in [-0.39, 0.29) is 0 Å². The van der Waals surface area contributed by atoms with Crippen molar-refractivity contribution in [2.45, 2.75) is 70.5 Å². The number of nitrogens with zero attached hydrogens (tertiary/aromatic N) is 1. The molecule has 0 amide bonds. The van der Waals surface area contributed by atoms with Crippen molar-refractivity contribution in [1.82, 2.24) is 10.2 Å². The molecule has 1 aliphatic rings. The highest BCUT2D eigenvalue weighted by Gasteiger charge is 2.26. The molecule has 0 aromatic carbocycles. The zero-order valence-electron chi connectivity index (χ0n) is 12.7. The van der Waals surface area contributed by atoms with Crippen LogP contribution in [0.5, 0.6) is 0 Å². The maximum absolute atomic E-state index is 3.68. The standard InChI is InChI=1S/C15H32N2S/c1-5-11-16-13-7-9-15(10-8-13)17(3)14(6-2)12-18-4/h13-16H,5-12H2,1-4H3. The van der Waals surface area contributed by atoms with Crippen LogP contribution in [0.3, 0.4) is 0 Å². The van der Waals surface area contributed by atoms with Gasteiger partial charge >= 0.3 is 0 Å². The van der Waals surface area contributed by atoms with Crippen LogP contribution in [-0.4, -0.2) is 48.6 Å². The van der Waals surface area contributed by atoms with Crippen LogP contribution < -0.4 is 5.32 Å². The van der Waals surface area contributed by atoms with Crippen LogP contribution in [0.15, 0.2) is 0 Å². The predicted octanol–water partition coefficient (Wildman–Crippen LogP) is 3.37. The molecular weight excluding hydrogens is 240 g/mol. The van der Waals surface area contributed by atoms with Gasteiger partial charge in [-0.05, 0) is 58.4 Å². The Morgan fingerprint density at radius 3 is 2.39 bits per heavy atom. The minimum atomic E-state index is 0.769. The molecule has 0 aromatic heterocycles. The normalized spacial score (nSPS) is 26.5. The smallest absolute Gasteiger partial charge is 0.0183 e. The van der Waals surface area contributed by atoms with Crippen molar-refractivity contribution in [3.8, 4) is 0 Å². The largest absolute Gasteiger partial charge is 0.314 e. The van der Waals surface area contributed by atoms with Crippen molar-refractivity contribution in [2.75, 3.05) is 25.6 Å². The highest BCUT2D eigenvalue weighted by Crippen LogP contribution is 2.25. The van der Waals surface area contributed by atoms with Gasteiger partial charge in [0.2, 0.25) is 0 Å². The van der Waals surface area contributed by atoms with Crippen LogP contribution in [0.2, 0.25) is 0 Å². The Morgan fingerprint density at radius 2 is 1.89 bits per heavy atom. The van der Waals surface area contributed by atoms with Gasteiger partial charge in [-0.2, -0.15) is 11.8 Å². The van der Waals surface area contributed by atoms with Crippen LogP contribution in [0.25, 0.3) is 0 Å². The van der Waals surface area contributed by atoms with E-state index in [1.54, 1.807) is 0 Å². The van der Waals surface area contributed by atoms with E-state index in [9.17, 15) is 0 Å². The molecule has 0 saturated heterocycles. The lowest BCUT2D eigenvalue weighted by Crippen LogP contribution is -2.45. The Labute approximate surface area is 118 Å². The van der Waals surface area contributed by atoms with Crippen molar-refractivity contribution < 1.29 is 0 Å². The third-order valence-corrected chi connectivity index (χ3v) is 5.08. The summed E-state index contributed by atoms with van der Waals surface area (Å²) in [6.45, 7) is 5.77. The SMILES string of the molecule is CCCNC1CCC(N(C)C(CC)CSC)CC1. The van der Waals surface area contributed by atoms with Crippen LogP contribution >= 0.6 is 11.8 Å². The Morgan fingerprint density at radius 1 is 1.22 bits per heavy atom. The molecule has 0 radical (unpaired) electrons. The molecule has 1 atom stereocenters. The molecule has 3 heteroatoms. The van der Waals surface area contributed by atoms with Crippen molar-refractivity contribution in [3.05, 3.63) is 0 Å². The highest BCUT2D eigenvalue weighted by molar-refractivity contribution is 7.98. The molecule has 1 fully saturated rings. The van der Waals surface area contributed by atoms with E-state index in [4.69, 9.17) is 0 Å². The summed E-state index contributed by atoms with van der Waals surface area (Å²) in [6.07, 6.45) is 10.2. The fourth-order valence-corrected chi connectivity index (χ4v) is 3.91. The second kappa shape index (κ2) is 9.22. The van der Waals surface area contributed by atoms with Crippen molar-refractivity contribution in [2.24, 2.45) is 0 Å². The highest BCUT2D eigenvalue weighted by atomic mass is 32.2. The van der Waals surface area contributed by atoms with Gasteiger partial charge in [0, 0.05) is 23.9 Å². The Hall–Kier alpha value is 0.270. The first-order valence-electron chi connectivity index (χ1n) is 7.67. The molecule has 0 aromatic rings. The van der Waals surface area contributed by atoms with Crippen molar-refractivity contribution in [1.29, 1.82) is 0 Å². The predicted molar refractivity (Wildman–Crippen MR) is 84.6 cm³/mol. The van der Waals surface area contributed by atoms with Gasteiger partial charge in [-0.25, -0.2) is 0 Å². The number of hydrogen-bond donors (Lipinski definition) is 1. The molecule has 1 aliphatic carbocycles. The lowest BCUT2D eigenvalue weighted by atomic mass is 9.89. The minimum Gasteiger partial charge on any atom is -0.314 e. The molecule has 1 N–H and O–H groups in total. The topological polar surface area (TPSA) is 15.3 Å². The van der Waals surface area contributed by atoms with Crippen LogP contribution in [0.1, 0.15) is 52.4 Å². The Bertz CT molecular complexity index is 203. The number of thioether (sulfide) groups is 1. The van der Waals surface area contributed by atoms with Gasteiger partial charge in [-0.15, -0.1) is 0 Å². The number of nitrogens with one attached hydrogen (secondary N) is 1. The van der Waals surface area contributed by atoms with E-state index >= 15 is 0 Å². The van der Waals surface area contributed by atoms with Gasteiger partial charge in [0.1, 0.15) is 0 Å². The summed E-state index contributed by atoms with van der Waals surface area (Å²) in [5.74, 6) is 1.28. The molecular formula is C15H32N2S. The maximum Gasteiger partial charge on any atom is 0.0183 e. The third kappa shape index (κ3) is 5.10. The fraction of sp³-hybridized carbons (Fsp3) is 1.00. The zero-order chi connectivity index (χ0) is 13.4. The van der Waals surface area contributed by atoms with Gasteiger partial charge in [0.15, 0.2) is 0 Å². The summed E-state index contributed by atoms with van der Waals surface area (Å²) in [6, 6.07) is 2.38. The molecule has 18 heavy (non-hydrogen) atoms. The molecule has 0 spiro atoms.